The Morgan fingerprint density at radius 2 is 2.05 bits per heavy atom. The summed E-state index contributed by atoms with van der Waals surface area (Å²) in [6.45, 7) is 3.00. The van der Waals surface area contributed by atoms with Crippen molar-refractivity contribution in [2.24, 2.45) is 0 Å². The van der Waals surface area contributed by atoms with Gasteiger partial charge in [-0.25, -0.2) is 8.42 Å². The molecule has 0 atom stereocenters. The third-order valence-electron chi connectivity index (χ3n) is 3.50. The molecule has 1 aromatic carbocycles. The molecule has 1 saturated heterocycles. The van der Waals surface area contributed by atoms with Gasteiger partial charge in [0, 0.05) is 29.8 Å². The molecule has 1 N–H and O–H groups in total. The molecule has 114 valence electrons. The lowest BCUT2D eigenvalue weighted by molar-refractivity contribution is 0.295. The van der Waals surface area contributed by atoms with Gasteiger partial charge in [-0.15, -0.1) is 0 Å². The van der Waals surface area contributed by atoms with E-state index in [-0.39, 0.29) is 11.5 Å². The summed E-state index contributed by atoms with van der Waals surface area (Å²) in [5, 5.41) is 12.1. The molecule has 0 unspecified atom stereocenters. The van der Waals surface area contributed by atoms with Gasteiger partial charge in [0.25, 0.3) is 0 Å². The Hall–Kier alpha value is -1.10. The van der Waals surface area contributed by atoms with Crippen LogP contribution in [0, 0.1) is 11.3 Å². The normalized spacial score (nSPS) is 18.1. The Morgan fingerprint density at radius 3 is 2.67 bits per heavy atom. The Bertz CT molecular complexity index is 626. The summed E-state index contributed by atoms with van der Waals surface area (Å²) in [5.41, 5.74) is 1.59. The van der Waals surface area contributed by atoms with Gasteiger partial charge in [-0.2, -0.15) is 5.26 Å². The van der Waals surface area contributed by atoms with Crippen LogP contribution in [0.3, 0.4) is 0 Å². The summed E-state index contributed by atoms with van der Waals surface area (Å²) in [6, 6.07) is 7.55. The van der Waals surface area contributed by atoms with Crippen LogP contribution in [0.5, 0.6) is 0 Å². The van der Waals surface area contributed by atoms with E-state index in [1.807, 2.05) is 6.07 Å². The molecule has 0 saturated carbocycles. The van der Waals surface area contributed by atoms with Gasteiger partial charge >= 0.3 is 0 Å². The average Bonchev–Trinajstić information content (AvgIpc) is 2.46. The smallest absolute Gasteiger partial charge is 0.152 e. The zero-order valence-corrected chi connectivity index (χ0v) is 14.1. The van der Waals surface area contributed by atoms with Crippen molar-refractivity contribution < 1.29 is 8.42 Å². The molecule has 1 aromatic rings. The highest BCUT2D eigenvalue weighted by molar-refractivity contribution is 9.10. The van der Waals surface area contributed by atoms with Crippen molar-refractivity contribution in [3.8, 4) is 6.07 Å². The zero-order valence-electron chi connectivity index (χ0n) is 11.7. The number of hydrogen-bond acceptors (Lipinski definition) is 5. The van der Waals surface area contributed by atoms with Crippen molar-refractivity contribution in [3.63, 3.8) is 0 Å². The summed E-state index contributed by atoms with van der Waals surface area (Å²) >= 11 is 3.44. The van der Waals surface area contributed by atoms with Gasteiger partial charge in [-0.05, 0) is 47.1 Å². The van der Waals surface area contributed by atoms with Crippen molar-refractivity contribution in [2.45, 2.75) is 6.42 Å². The number of nitrogens with one attached hydrogen (secondary N) is 1. The second kappa shape index (κ2) is 7.25. The first-order valence-corrected chi connectivity index (χ1v) is 9.48. The number of hydrogen-bond donors (Lipinski definition) is 1. The maximum atomic E-state index is 11.3. The average molecular weight is 372 g/mol. The molecule has 21 heavy (non-hydrogen) atoms. The van der Waals surface area contributed by atoms with E-state index < -0.39 is 9.84 Å². The molecule has 1 aliphatic rings. The minimum absolute atomic E-state index is 0.279. The number of benzene rings is 1. The minimum atomic E-state index is -2.79. The van der Waals surface area contributed by atoms with Crippen LogP contribution < -0.4 is 5.32 Å². The first-order valence-electron chi connectivity index (χ1n) is 6.86. The summed E-state index contributed by atoms with van der Waals surface area (Å²) < 4.78 is 23.5. The Labute approximate surface area is 134 Å². The van der Waals surface area contributed by atoms with Crippen LogP contribution in [0.25, 0.3) is 0 Å². The summed E-state index contributed by atoms with van der Waals surface area (Å²) in [7, 11) is -2.79. The van der Waals surface area contributed by atoms with E-state index >= 15 is 0 Å². The van der Waals surface area contributed by atoms with Gasteiger partial charge in [-0.3, -0.25) is 0 Å². The first kappa shape index (κ1) is 16.3. The third kappa shape index (κ3) is 4.99. The van der Waals surface area contributed by atoms with E-state index in [1.165, 1.54) is 0 Å². The Morgan fingerprint density at radius 1 is 1.33 bits per heavy atom. The predicted molar refractivity (Wildman–Crippen MR) is 87.1 cm³/mol. The SMILES string of the molecule is N#Cc1ccc(NCCCN2CCS(=O)(=O)CC2)c(Br)c1. The maximum absolute atomic E-state index is 11.3. The van der Waals surface area contributed by atoms with Crippen molar-refractivity contribution in [1.29, 1.82) is 5.26 Å². The Kier molecular flexibility index (Phi) is 5.62. The lowest BCUT2D eigenvalue weighted by Gasteiger charge is -2.26. The summed E-state index contributed by atoms with van der Waals surface area (Å²) in [6.07, 6.45) is 0.951. The largest absolute Gasteiger partial charge is 0.384 e. The van der Waals surface area contributed by atoms with Gasteiger partial charge in [0.1, 0.15) is 0 Å². The van der Waals surface area contributed by atoms with Crippen molar-refractivity contribution in [2.75, 3.05) is 43.0 Å². The van der Waals surface area contributed by atoms with Crippen LogP contribution in [-0.4, -0.2) is 51.0 Å². The summed E-state index contributed by atoms with van der Waals surface area (Å²) in [5.74, 6) is 0.559. The molecule has 0 spiro atoms. The topological polar surface area (TPSA) is 73.2 Å². The number of nitriles is 1. The van der Waals surface area contributed by atoms with Crippen LogP contribution in [0.2, 0.25) is 0 Å². The molecule has 0 bridgehead atoms. The number of rotatable bonds is 5. The molecule has 0 radical (unpaired) electrons. The Balaban J connectivity index is 1.72. The molecule has 0 aromatic heterocycles. The van der Waals surface area contributed by atoms with Gasteiger partial charge in [0.05, 0.1) is 23.1 Å². The molecule has 0 amide bonds. The maximum Gasteiger partial charge on any atom is 0.152 e. The van der Waals surface area contributed by atoms with E-state index in [0.29, 0.717) is 18.7 Å². The van der Waals surface area contributed by atoms with Crippen LogP contribution >= 0.6 is 15.9 Å². The van der Waals surface area contributed by atoms with Crippen molar-refractivity contribution in [1.82, 2.24) is 4.90 Å². The van der Waals surface area contributed by atoms with Crippen molar-refractivity contribution in [3.05, 3.63) is 28.2 Å². The summed E-state index contributed by atoms with van der Waals surface area (Å²) in [4.78, 5) is 2.19. The van der Waals surface area contributed by atoms with Crippen LogP contribution in [0.15, 0.2) is 22.7 Å². The van der Waals surface area contributed by atoms with Crippen LogP contribution in [0.4, 0.5) is 5.69 Å². The van der Waals surface area contributed by atoms with E-state index in [9.17, 15) is 8.42 Å². The van der Waals surface area contributed by atoms with Crippen molar-refractivity contribution >= 4 is 31.5 Å². The number of halogens is 1. The van der Waals surface area contributed by atoms with Gasteiger partial charge in [0.2, 0.25) is 0 Å². The minimum Gasteiger partial charge on any atom is -0.384 e. The number of sulfone groups is 1. The molecule has 1 heterocycles. The highest BCUT2D eigenvalue weighted by Gasteiger charge is 2.20. The lowest BCUT2D eigenvalue weighted by atomic mass is 10.2. The second-order valence-electron chi connectivity index (χ2n) is 5.08. The van der Waals surface area contributed by atoms with E-state index in [4.69, 9.17) is 5.26 Å². The van der Waals surface area contributed by atoms with E-state index in [2.05, 4.69) is 32.2 Å². The van der Waals surface area contributed by atoms with Crippen LogP contribution in [-0.2, 0) is 9.84 Å². The number of nitrogens with zero attached hydrogens (tertiary/aromatic N) is 2. The molecular formula is C14H18BrN3O2S. The lowest BCUT2D eigenvalue weighted by Crippen LogP contribution is -2.41. The highest BCUT2D eigenvalue weighted by atomic mass is 79.9. The van der Waals surface area contributed by atoms with Gasteiger partial charge < -0.3 is 10.2 Å². The van der Waals surface area contributed by atoms with Gasteiger partial charge in [-0.1, -0.05) is 0 Å². The fourth-order valence-corrected chi connectivity index (χ4v) is 4.02. The fraction of sp³-hybridized carbons (Fsp3) is 0.500. The fourth-order valence-electron chi connectivity index (χ4n) is 2.23. The molecule has 1 fully saturated rings. The molecule has 7 heteroatoms. The molecular weight excluding hydrogens is 354 g/mol. The zero-order chi connectivity index (χ0) is 15.3. The predicted octanol–water partition coefficient (Wildman–Crippen LogP) is 1.85. The quantitative estimate of drug-likeness (QED) is 0.799. The standard InChI is InChI=1S/C14H18BrN3O2S/c15-13-10-12(11-16)2-3-14(13)17-4-1-5-18-6-8-21(19,20)9-7-18/h2-3,10,17H,1,4-9H2. The highest BCUT2D eigenvalue weighted by Crippen LogP contribution is 2.23. The molecule has 5 nitrogen and oxygen atoms in total. The van der Waals surface area contributed by atoms with Gasteiger partial charge in [0.15, 0.2) is 9.84 Å². The second-order valence-corrected chi connectivity index (χ2v) is 8.24. The first-order chi connectivity index (χ1) is 10.00. The third-order valence-corrected chi connectivity index (χ3v) is 5.77. The molecule has 2 rings (SSSR count). The van der Waals surface area contributed by atoms with E-state index in [1.54, 1.807) is 12.1 Å². The molecule has 1 aliphatic heterocycles. The molecule has 0 aliphatic carbocycles. The number of anilines is 1. The van der Waals surface area contributed by atoms with E-state index in [0.717, 1.165) is 29.7 Å². The van der Waals surface area contributed by atoms with Crippen LogP contribution in [0.1, 0.15) is 12.0 Å². The monoisotopic (exact) mass is 371 g/mol.